The summed E-state index contributed by atoms with van der Waals surface area (Å²) in [6.07, 6.45) is 3.70. The molecule has 8 heteroatoms. The summed E-state index contributed by atoms with van der Waals surface area (Å²) in [4.78, 5) is 31.7. The van der Waals surface area contributed by atoms with Crippen LogP contribution in [0.15, 0.2) is 18.2 Å². The lowest BCUT2D eigenvalue weighted by Gasteiger charge is -2.46. The van der Waals surface area contributed by atoms with Crippen molar-refractivity contribution in [3.8, 4) is 0 Å². The molecule has 0 spiro atoms. The first kappa shape index (κ1) is 21.8. The lowest BCUT2D eigenvalue weighted by atomic mass is 9.88. The van der Waals surface area contributed by atoms with Gasteiger partial charge in [-0.1, -0.05) is 6.07 Å². The van der Waals surface area contributed by atoms with Crippen LogP contribution in [0.3, 0.4) is 0 Å². The Morgan fingerprint density at radius 1 is 1.29 bits per heavy atom. The van der Waals surface area contributed by atoms with E-state index in [9.17, 15) is 19.1 Å². The van der Waals surface area contributed by atoms with Gasteiger partial charge in [0.1, 0.15) is 11.5 Å². The molecule has 3 N–H and O–H groups in total. The van der Waals surface area contributed by atoms with E-state index in [-0.39, 0.29) is 42.4 Å². The SMILES string of the molecule is CC(=O)N1CCN([C@H]2CCC[C@@H](NC(=O)c3cc4c(F)ccc(C)c4[nH]3)C2)C(CO)C1. The number of piperazine rings is 1. The van der Waals surface area contributed by atoms with E-state index in [1.165, 1.54) is 6.07 Å². The monoisotopic (exact) mass is 430 g/mol. The molecule has 4 rings (SSSR count). The number of nitrogens with zero attached hydrogens (tertiary/aromatic N) is 2. The maximum atomic E-state index is 14.1. The van der Waals surface area contributed by atoms with Gasteiger partial charge in [-0.3, -0.25) is 14.5 Å². The first-order valence-electron chi connectivity index (χ1n) is 11.1. The van der Waals surface area contributed by atoms with Crippen molar-refractivity contribution in [2.45, 2.75) is 57.7 Å². The van der Waals surface area contributed by atoms with Crippen molar-refractivity contribution in [3.05, 3.63) is 35.3 Å². The van der Waals surface area contributed by atoms with Crippen molar-refractivity contribution >= 4 is 22.7 Å². The largest absolute Gasteiger partial charge is 0.395 e. The zero-order valence-corrected chi connectivity index (χ0v) is 18.2. The van der Waals surface area contributed by atoms with Gasteiger partial charge < -0.3 is 20.3 Å². The Hall–Kier alpha value is -2.45. The Morgan fingerprint density at radius 3 is 2.81 bits per heavy atom. The molecule has 2 fully saturated rings. The summed E-state index contributed by atoms with van der Waals surface area (Å²) in [5.74, 6) is -0.522. The maximum absolute atomic E-state index is 14.1. The molecule has 1 saturated carbocycles. The predicted molar refractivity (Wildman–Crippen MR) is 116 cm³/mol. The summed E-state index contributed by atoms with van der Waals surface area (Å²) in [7, 11) is 0. The second-order valence-corrected chi connectivity index (χ2v) is 8.87. The third-order valence-corrected chi connectivity index (χ3v) is 6.83. The molecule has 2 heterocycles. The highest BCUT2D eigenvalue weighted by Gasteiger charge is 2.35. The second-order valence-electron chi connectivity index (χ2n) is 8.87. The van der Waals surface area contributed by atoms with Gasteiger partial charge >= 0.3 is 0 Å². The predicted octanol–water partition coefficient (Wildman–Crippen LogP) is 2.18. The fourth-order valence-corrected chi connectivity index (χ4v) is 5.11. The number of carbonyl (C=O) groups excluding carboxylic acids is 2. The number of nitrogens with one attached hydrogen (secondary N) is 2. The van der Waals surface area contributed by atoms with Crippen molar-refractivity contribution in [2.75, 3.05) is 26.2 Å². The summed E-state index contributed by atoms with van der Waals surface area (Å²) in [6, 6.07) is 4.90. The van der Waals surface area contributed by atoms with E-state index in [4.69, 9.17) is 0 Å². The third-order valence-electron chi connectivity index (χ3n) is 6.83. The molecule has 1 aromatic heterocycles. The van der Waals surface area contributed by atoms with Crippen LogP contribution in [0, 0.1) is 12.7 Å². The number of aromatic amines is 1. The Balaban J connectivity index is 1.42. The molecular formula is C23H31FN4O3. The summed E-state index contributed by atoms with van der Waals surface area (Å²) < 4.78 is 14.1. The van der Waals surface area contributed by atoms with Crippen LogP contribution in [0.1, 0.15) is 48.7 Å². The van der Waals surface area contributed by atoms with Gasteiger partial charge in [-0.15, -0.1) is 0 Å². The zero-order valence-electron chi connectivity index (χ0n) is 18.2. The number of hydrogen-bond donors (Lipinski definition) is 3. The Kier molecular flexibility index (Phi) is 6.29. The van der Waals surface area contributed by atoms with E-state index in [0.717, 1.165) is 37.8 Å². The number of aliphatic hydroxyl groups is 1. The van der Waals surface area contributed by atoms with Gasteiger partial charge in [-0.2, -0.15) is 0 Å². The van der Waals surface area contributed by atoms with E-state index in [2.05, 4.69) is 15.2 Å². The number of H-pyrrole nitrogens is 1. The van der Waals surface area contributed by atoms with Crippen molar-refractivity contribution in [1.82, 2.24) is 20.1 Å². The number of amides is 2. The minimum absolute atomic E-state index is 0.0112. The summed E-state index contributed by atoms with van der Waals surface area (Å²) in [5.41, 5.74) is 1.92. The van der Waals surface area contributed by atoms with Crippen LogP contribution in [-0.4, -0.2) is 76.1 Å². The quantitative estimate of drug-likeness (QED) is 0.694. The fraction of sp³-hybridized carbons (Fsp3) is 0.565. The normalized spacial score (nSPS) is 25.0. The van der Waals surface area contributed by atoms with Crippen LogP contribution in [0.4, 0.5) is 4.39 Å². The van der Waals surface area contributed by atoms with Crippen LogP contribution >= 0.6 is 0 Å². The third kappa shape index (κ3) is 4.45. The molecule has 0 radical (unpaired) electrons. The molecule has 1 aromatic carbocycles. The lowest BCUT2D eigenvalue weighted by Crippen LogP contribution is -2.60. The summed E-state index contributed by atoms with van der Waals surface area (Å²) in [6.45, 7) is 5.40. The molecule has 1 aliphatic heterocycles. The molecule has 2 aromatic rings. The van der Waals surface area contributed by atoms with Crippen LogP contribution in [0.2, 0.25) is 0 Å². The average Bonchev–Trinajstić information content (AvgIpc) is 3.23. The van der Waals surface area contributed by atoms with E-state index in [1.807, 2.05) is 6.92 Å². The van der Waals surface area contributed by atoms with E-state index in [1.54, 1.807) is 24.0 Å². The highest BCUT2D eigenvalue weighted by atomic mass is 19.1. The molecular weight excluding hydrogens is 399 g/mol. The average molecular weight is 431 g/mol. The van der Waals surface area contributed by atoms with Gasteiger partial charge in [0.05, 0.1) is 18.2 Å². The summed E-state index contributed by atoms with van der Waals surface area (Å²) in [5, 5.41) is 13.4. The van der Waals surface area contributed by atoms with E-state index < -0.39 is 0 Å². The number of aryl methyl sites for hydroxylation is 1. The minimum Gasteiger partial charge on any atom is -0.395 e. The fourth-order valence-electron chi connectivity index (χ4n) is 5.11. The number of aliphatic hydroxyl groups excluding tert-OH is 1. The number of fused-ring (bicyclic) bond motifs is 1. The molecule has 2 aliphatic rings. The number of aromatic nitrogens is 1. The Morgan fingerprint density at radius 2 is 2.10 bits per heavy atom. The molecule has 1 aliphatic carbocycles. The molecule has 2 amide bonds. The molecule has 31 heavy (non-hydrogen) atoms. The van der Waals surface area contributed by atoms with E-state index >= 15 is 0 Å². The molecule has 7 nitrogen and oxygen atoms in total. The Bertz CT molecular complexity index is 936. The van der Waals surface area contributed by atoms with Crippen molar-refractivity contribution < 1.29 is 19.1 Å². The first-order valence-corrected chi connectivity index (χ1v) is 11.1. The minimum atomic E-state index is -0.339. The van der Waals surface area contributed by atoms with Crippen molar-refractivity contribution in [3.63, 3.8) is 0 Å². The topological polar surface area (TPSA) is 88.7 Å². The Labute approximate surface area is 181 Å². The number of carbonyl (C=O) groups is 2. The molecule has 0 bridgehead atoms. The zero-order chi connectivity index (χ0) is 22.1. The second kappa shape index (κ2) is 8.96. The lowest BCUT2D eigenvalue weighted by molar-refractivity contribution is -0.133. The number of hydrogen-bond acceptors (Lipinski definition) is 4. The van der Waals surface area contributed by atoms with Crippen LogP contribution < -0.4 is 5.32 Å². The number of rotatable bonds is 4. The molecule has 1 saturated heterocycles. The molecule has 168 valence electrons. The highest BCUT2D eigenvalue weighted by molar-refractivity contribution is 5.99. The standard InChI is InChI=1S/C23H31FN4O3/c1-14-6-7-20(24)19-11-21(26-22(14)19)23(31)25-16-4-3-5-17(10-16)28-9-8-27(15(2)30)12-18(28)13-29/h6-7,11,16-18,26,29H,3-5,8-10,12-13H2,1-2H3,(H,25,31)/t16-,17+,18?/m1/s1. The molecule has 3 atom stereocenters. The summed E-state index contributed by atoms with van der Waals surface area (Å²) >= 11 is 0. The van der Waals surface area contributed by atoms with Crippen molar-refractivity contribution in [1.29, 1.82) is 0 Å². The van der Waals surface area contributed by atoms with Gasteiger partial charge in [0.15, 0.2) is 0 Å². The van der Waals surface area contributed by atoms with Gasteiger partial charge in [0, 0.05) is 44.0 Å². The van der Waals surface area contributed by atoms with Crippen LogP contribution in [0.5, 0.6) is 0 Å². The first-order chi connectivity index (χ1) is 14.9. The van der Waals surface area contributed by atoms with E-state index in [0.29, 0.717) is 29.7 Å². The highest BCUT2D eigenvalue weighted by Crippen LogP contribution is 2.27. The number of halogens is 1. The van der Waals surface area contributed by atoms with Gasteiger partial charge in [-0.05, 0) is 50.3 Å². The maximum Gasteiger partial charge on any atom is 0.267 e. The van der Waals surface area contributed by atoms with Crippen molar-refractivity contribution in [2.24, 2.45) is 0 Å². The van der Waals surface area contributed by atoms with Crippen LogP contribution in [-0.2, 0) is 4.79 Å². The van der Waals surface area contributed by atoms with Gasteiger partial charge in [-0.25, -0.2) is 4.39 Å². The smallest absolute Gasteiger partial charge is 0.267 e. The van der Waals surface area contributed by atoms with Crippen LogP contribution in [0.25, 0.3) is 10.9 Å². The number of benzene rings is 1. The molecule has 1 unspecified atom stereocenters. The van der Waals surface area contributed by atoms with Gasteiger partial charge in [0.25, 0.3) is 5.91 Å². The van der Waals surface area contributed by atoms with Gasteiger partial charge in [0.2, 0.25) is 5.91 Å².